The maximum absolute atomic E-state index is 12.0. The van der Waals surface area contributed by atoms with Crippen molar-refractivity contribution >= 4 is 23.2 Å². The minimum Gasteiger partial charge on any atom is -0.330 e. The lowest BCUT2D eigenvalue weighted by molar-refractivity contribution is -0.117. The molecule has 0 aliphatic heterocycles. The van der Waals surface area contributed by atoms with E-state index >= 15 is 0 Å². The smallest absolute Gasteiger partial charge is 0.224 e. The fraction of sp³-hybridized carbons (Fsp3) is 0.467. The molecule has 0 spiro atoms. The van der Waals surface area contributed by atoms with E-state index in [1.807, 2.05) is 6.07 Å². The second-order valence-corrected chi connectivity index (χ2v) is 5.72. The topological polar surface area (TPSA) is 78.9 Å². The van der Waals surface area contributed by atoms with E-state index in [0.717, 1.165) is 6.42 Å². The SMILES string of the molecule is CC(C)CC(CN)CC(=O)Nc1cc(Cl)ccc1C#N. The van der Waals surface area contributed by atoms with E-state index in [9.17, 15) is 4.79 Å². The summed E-state index contributed by atoms with van der Waals surface area (Å²) in [6.07, 6.45) is 1.26. The molecule has 1 amide bonds. The average Bonchev–Trinajstić information content (AvgIpc) is 2.37. The summed E-state index contributed by atoms with van der Waals surface area (Å²) in [5.74, 6) is 0.511. The molecule has 1 aromatic carbocycles. The van der Waals surface area contributed by atoms with Crippen LogP contribution < -0.4 is 11.1 Å². The van der Waals surface area contributed by atoms with Crippen molar-refractivity contribution in [2.45, 2.75) is 26.7 Å². The molecule has 0 aromatic heterocycles. The van der Waals surface area contributed by atoms with Gasteiger partial charge in [-0.1, -0.05) is 25.4 Å². The fourth-order valence-corrected chi connectivity index (χ4v) is 2.28. The second-order valence-electron chi connectivity index (χ2n) is 5.29. The number of halogens is 1. The number of rotatable bonds is 6. The molecule has 1 rings (SSSR count). The molecular formula is C15H20ClN3O. The van der Waals surface area contributed by atoms with Gasteiger partial charge in [0, 0.05) is 11.4 Å². The largest absolute Gasteiger partial charge is 0.330 e. The van der Waals surface area contributed by atoms with Gasteiger partial charge in [-0.2, -0.15) is 5.26 Å². The molecule has 3 N–H and O–H groups in total. The van der Waals surface area contributed by atoms with Crippen molar-refractivity contribution < 1.29 is 4.79 Å². The quantitative estimate of drug-likeness (QED) is 0.845. The molecule has 0 aliphatic rings. The number of carbonyl (C=O) groups is 1. The number of nitriles is 1. The molecule has 1 unspecified atom stereocenters. The molecule has 0 saturated carbocycles. The summed E-state index contributed by atoms with van der Waals surface area (Å²) >= 11 is 5.88. The maximum atomic E-state index is 12.0. The Bertz CT molecular complexity index is 508. The molecule has 20 heavy (non-hydrogen) atoms. The van der Waals surface area contributed by atoms with Crippen LogP contribution in [0.5, 0.6) is 0 Å². The maximum Gasteiger partial charge on any atom is 0.224 e. The van der Waals surface area contributed by atoms with Gasteiger partial charge in [0.05, 0.1) is 11.3 Å². The Labute approximate surface area is 124 Å². The van der Waals surface area contributed by atoms with Crippen LogP contribution in [0, 0.1) is 23.2 Å². The van der Waals surface area contributed by atoms with Crippen molar-refractivity contribution in [1.82, 2.24) is 0 Å². The average molecular weight is 294 g/mol. The van der Waals surface area contributed by atoms with Gasteiger partial charge < -0.3 is 11.1 Å². The normalized spacial score (nSPS) is 12.0. The van der Waals surface area contributed by atoms with E-state index in [-0.39, 0.29) is 11.8 Å². The van der Waals surface area contributed by atoms with Gasteiger partial charge in [0.15, 0.2) is 0 Å². The highest BCUT2D eigenvalue weighted by Crippen LogP contribution is 2.21. The minimum absolute atomic E-state index is 0.139. The van der Waals surface area contributed by atoms with Crippen molar-refractivity contribution in [2.24, 2.45) is 17.6 Å². The first-order chi connectivity index (χ1) is 9.46. The first-order valence-electron chi connectivity index (χ1n) is 6.65. The molecule has 108 valence electrons. The van der Waals surface area contributed by atoms with Crippen LogP contribution >= 0.6 is 11.6 Å². The number of benzene rings is 1. The monoisotopic (exact) mass is 293 g/mol. The summed E-state index contributed by atoms with van der Waals surface area (Å²) in [5, 5.41) is 12.2. The highest BCUT2D eigenvalue weighted by molar-refractivity contribution is 6.31. The zero-order valence-corrected chi connectivity index (χ0v) is 12.6. The Kier molecular flexibility index (Phi) is 6.50. The number of nitrogens with one attached hydrogen (secondary N) is 1. The van der Waals surface area contributed by atoms with E-state index in [1.54, 1.807) is 18.2 Å². The lowest BCUT2D eigenvalue weighted by Crippen LogP contribution is -2.23. The standard InChI is InChI=1S/C15H20ClN3O/c1-10(2)5-11(8-17)6-15(20)19-14-7-13(16)4-3-12(14)9-18/h3-4,7,10-11H,5-6,8,17H2,1-2H3,(H,19,20). The first-order valence-corrected chi connectivity index (χ1v) is 7.03. The summed E-state index contributed by atoms with van der Waals surface area (Å²) < 4.78 is 0. The molecule has 5 heteroatoms. The van der Waals surface area contributed by atoms with Crippen LogP contribution in [0.4, 0.5) is 5.69 Å². The lowest BCUT2D eigenvalue weighted by Gasteiger charge is -2.17. The van der Waals surface area contributed by atoms with Crippen LogP contribution in [0.15, 0.2) is 18.2 Å². The molecule has 0 heterocycles. The number of hydrogen-bond acceptors (Lipinski definition) is 3. The third-order valence-corrected chi connectivity index (χ3v) is 3.22. The van der Waals surface area contributed by atoms with Crippen LogP contribution in [0.3, 0.4) is 0 Å². The Morgan fingerprint density at radius 1 is 1.50 bits per heavy atom. The molecule has 1 aromatic rings. The fourth-order valence-electron chi connectivity index (χ4n) is 2.11. The van der Waals surface area contributed by atoms with E-state index in [0.29, 0.717) is 35.2 Å². The van der Waals surface area contributed by atoms with Crippen molar-refractivity contribution in [2.75, 3.05) is 11.9 Å². The van der Waals surface area contributed by atoms with Gasteiger partial charge in [-0.15, -0.1) is 0 Å². The summed E-state index contributed by atoms with van der Waals surface area (Å²) in [6, 6.07) is 6.82. The lowest BCUT2D eigenvalue weighted by atomic mass is 9.94. The van der Waals surface area contributed by atoms with Gasteiger partial charge in [0.25, 0.3) is 0 Å². The van der Waals surface area contributed by atoms with Crippen molar-refractivity contribution in [3.8, 4) is 6.07 Å². The van der Waals surface area contributed by atoms with E-state index in [4.69, 9.17) is 22.6 Å². The van der Waals surface area contributed by atoms with Gasteiger partial charge in [-0.25, -0.2) is 0 Å². The number of nitrogens with two attached hydrogens (primary N) is 1. The number of carbonyl (C=O) groups excluding carboxylic acids is 1. The van der Waals surface area contributed by atoms with Crippen LogP contribution in [0.2, 0.25) is 5.02 Å². The van der Waals surface area contributed by atoms with E-state index in [2.05, 4.69) is 19.2 Å². The predicted octanol–water partition coefficient (Wildman–Crippen LogP) is 3.16. The molecule has 0 fully saturated rings. The summed E-state index contributed by atoms with van der Waals surface area (Å²) in [4.78, 5) is 12.0. The van der Waals surface area contributed by atoms with Gasteiger partial charge in [-0.05, 0) is 43.0 Å². The van der Waals surface area contributed by atoms with Gasteiger partial charge in [-0.3, -0.25) is 4.79 Å². The number of hydrogen-bond donors (Lipinski definition) is 2. The molecule has 1 atom stereocenters. The minimum atomic E-state index is -0.139. The van der Waals surface area contributed by atoms with Crippen molar-refractivity contribution in [3.63, 3.8) is 0 Å². The zero-order valence-electron chi connectivity index (χ0n) is 11.8. The van der Waals surface area contributed by atoms with Crippen molar-refractivity contribution in [1.29, 1.82) is 5.26 Å². The first kappa shape index (κ1) is 16.5. The molecule has 0 bridgehead atoms. The molecule has 0 aliphatic carbocycles. The summed E-state index contributed by atoms with van der Waals surface area (Å²) in [6.45, 7) is 4.68. The summed E-state index contributed by atoms with van der Waals surface area (Å²) in [7, 11) is 0. The highest BCUT2D eigenvalue weighted by Gasteiger charge is 2.15. The van der Waals surface area contributed by atoms with Crippen molar-refractivity contribution in [3.05, 3.63) is 28.8 Å². The van der Waals surface area contributed by atoms with Gasteiger partial charge >= 0.3 is 0 Å². The van der Waals surface area contributed by atoms with Crippen LogP contribution in [-0.2, 0) is 4.79 Å². The van der Waals surface area contributed by atoms with E-state index < -0.39 is 0 Å². The number of anilines is 1. The Hall–Kier alpha value is -1.57. The Morgan fingerprint density at radius 2 is 2.20 bits per heavy atom. The zero-order chi connectivity index (χ0) is 15.1. The number of nitrogens with zero attached hydrogens (tertiary/aromatic N) is 1. The highest BCUT2D eigenvalue weighted by atomic mass is 35.5. The predicted molar refractivity (Wildman–Crippen MR) is 81.4 cm³/mol. The van der Waals surface area contributed by atoms with Crippen LogP contribution in [-0.4, -0.2) is 12.5 Å². The van der Waals surface area contributed by atoms with Crippen LogP contribution in [0.1, 0.15) is 32.3 Å². The van der Waals surface area contributed by atoms with E-state index in [1.165, 1.54) is 0 Å². The third kappa shape index (κ3) is 5.20. The second kappa shape index (κ2) is 7.88. The molecule has 4 nitrogen and oxygen atoms in total. The summed E-state index contributed by atoms with van der Waals surface area (Å²) in [5.41, 5.74) is 6.54. The Balaban J connectivity index is 2.71. The van der Waals surface area contributed by atoms with Crippen LogP contribution in [0.25, 0.3) is 0 Å². The molecule has 0 radical (unpaired) electrons. The third-order valence-electron chi connectivity index (χ3n) is 2.99. The number of amides is 1. The Morgan fingerprint density at radius 3 is 2.75 bits per heavy atom. The van der Waals surface area contributed by atoms with Gasteiger partial charge in [0.2, 0.25) is 5.91 Å². The molecular weight excluding hydrogens is 274 g/mol. The molecule has 0 saturated heterocycles. The van der Waals surface area contributed by atoms with Gasteiger partial charge in [0.1, 0.15) is 6.07 Å².